The van der Waals surface area contributed by atoms with Gasteiger partial charge in [-0.3, -0.25) is 14.5 Å². The molecule has 1 aliphatic heterocycles. The number of carbonyl (C=O) groups excluding carboxylic acids is 2. The number of hydrogen-bond acceptors (Lipinski definition) is 3. The number of amides is 2. The third-order valence-electron chi connectivity index (χ3n) is 5.61. The molecule has 1 saturated carbocycles. The van der Waals surface area contributed by atoms with Crippen molar-refractivity contribution < 1.29 is 9.59 Å². The maximum absolute atomic E-state index is 12.4. The van der Waals surface area contributed by atoms with Crippen molar-refractivity contribution in [2.24, 2.45) is 11.8 Å². The predicted molar refractivity (Wildman–Crippen MR) is 96.7 cm³/mol. The maximum atomic E-state index is 12.4. The summed E-state index contributed by atoms with van der Waals surface area (Å²) in [4.78, 5) is 28.8. The number of nitrogens with one attached hydrogen (secondary N) is 1. The highest BCUT2D eigenvalue weighted by molar-refractivity contribution is 5.79. The van der Waals surface area contributed by atoms with Gasteiger partial charge in [-0.05, 0) is 45.2 Å². The number of hydrogen-bond donors (Lipinski definition) is 1. The Morgan fingerprint density at radius 1 is 1.08 bits per heavy atom. The van der Waals surface area contributed by atoms with Gasteiger partial charge in [0, 0.05) is 25.6 Å². The molecule has 0 aromatic carbocycles. The molecule has 24 heavy (non-hydrogen) atoms. The Hall–Kier alpha value is -1.10. The second-order valence-electron chi connectivity index (χ2n) is 7.61. The van der Waals surface area contributed by atoms with E-state index in [-0.39, 0.29) is 17.7 Å². The van der Waals surface area contributed by atoms with Crippen molar-refractivity contribution in [3.05, 3.63) is 0 Å². The van der Waals surface area contributed by atoms with E-state index in [9.17, 15) is 9.59 Å². The van der Waals surface area contributed by atoms with E-state index in [4.69, 9.17) is 0 Å². The van der Waals surface area contributed by atoms with Gasteiger partial charge in [0.2, 0.25) is 11.8 Å². The number of piperidine rings is 1. The van der Waals surface area contributed by atoms with Crippen LogP contribution in [0, 0.1) is 11.8 Å². The fourth-order valence-electron chi connectivity index (χ4n) is 3.83. The second kappa shape index (κ2) is 10.0. The van der Waals surface area contributed by atoms with E-state index < -0.39 is 0 Å². The molecule has 2 amide bonds. The minimum Gasteiger partial charge on any atom is -0.356 e. The van der Waals surface area contributed by atoms with Crippen LogP contribution < -0.4 is 5.32 Å². The Morgan fingerprint density at radius 2 is 1.79 bits per heavy atom. The van der Waals surface area contributed by atoms with Gasteiger partial charge in [-0.25, -0.2) is 0 Å². The van der Waals surface area contributed by atoms with Gasteiger partial charge in [0.1, 0.15) is 0 Å². The molecule has 1 unspecified atom stereocenters. The first-order chi connectivity index (χ1) is 11.6. The standard InChI is InChI=1S/C19H35N3O2/c1-3-21(2)15-18(23)22-12-8-9-16(14-22)13-20-19(24)17-10-6-4-5-7-11-17/h16-17H,3-15H2,1-2H3,(H,20,24). The summed E-state index contributed by atoms with van der Waals surface area (Å²) in [5, 5.41) is 3.17. The van der Waals surface area contributed by atoms with Crippen LogP contribution in [0.2, 0.25) is 0 Å². The van der Waals surface area contributed by atoms with Crippen LogP contribution >= 0.6 is 0 Å². The Kier molecular flexibility index (Phi) is 8.03. The number of rotatable bonds is 6. The average molecular weight is 338 g/mol. The van der Waals surface area contributed by atoms with Gasteiger partial charge < -0.3 is 10.2 Å². The molecule has 0 aromatic rings. The van der Waals surface area contributed by atoms with Crippen molar-refractivity contribution in [1.82, 2.24) is 15.1 Å². The van der Waals surface area contributed by atoms with Crippen molar-refractivity contribution in [3.63, 3.8) is 0 Å². The highest BCUT2D eigenvalue weighted by atomic mass is 16.2. The van der Waals surface area contributed by atoms with Crippen LogP contribution in [0.25, 0.3) is 0 Å². The molecular weight excluding hydrogens is 302 g/mol. The summed E-state index contributed by atoms with van der Waals surface area (Å²) in [6.45, 7) is 5.83. The first-order valence-electron chi connectivity index (χ1n) is 9.84. The summed E-state index contributed by atoms with van der Waals surface area (Å²) in [5.74, 6) is 1.08. The summed E-state index contributed by atoms with van der Waals surface area (Å²) in [6.07, 6.45) is 9.17. The van der Waals surface area contributed by atoms with Crippen LogP contribution in [0.15, 0.2) is 0 Å². The number of carbonyl (C=O) groups is 2. The fraction of sp³-hybridized carbons (Fsp3) is 0.895. The highest BCUT2D eigenvalue weighted by Gasteiger charge is 2.26. The van der Waals surface area contributed by atoms with Gasteiger partial charge in [0.15, 0.2) is 0 Å². The quantitative estimate of drug-likeness (QED) is 0.757. The van der Waals surface area contributed by atoms with Crippen LogP contribution in [0.5, 0.6) is 0 Å². The summed E-state index contributed by atoms with van der Waals surface area (Å²) in [6, 6.07) is 0. The average Bonchev–Trinajstić information content (AvgIpc) is 2.89. The Labute approximate surface area is 147 Å². The highest BCUT2D eigenvalue weighted by Crippen LogP contribution is 2.23. The number of likely N-dealkylation sites (N-methyl/N-ethyl adjacent to an activating group) is 1. The largest absolute Gasteiger partial charge is 0.356 e. The van der Waals surface area contributed by atoms with Crippen molar-refractivity contribution in [2.75, 3.05) is 39.8 Å². The monoisotopic (exact) mass is 337 g/mol. The van der Waals surface area contributed by atoms with E-state index in [1.807, 2.05) is 16.8 Å². The van der Waals surface area contributed by atoms with E-state index in [0.29, 0.717) is 12.5 Å². The van der Waals surface area contributed by atoms with E-state index >= 15 is 0 Å². The summed E-state index contributed by atoms with van der Waals surface area (Å²) in [5.41, 5.74) is 0. The molecule has 1 saturated heterocycles. The smallest absolute Gasteiger partial charge is 0.236 e. The normalized spacial score (nSPS) is 23.1. The number of likely N-dealkylation sites (tertiary alicyclic amines) is 1. The molecule has 138 valence electrons. The molecule has 5 heteroatoms. The lowest BCUT2D eigenvalue weighted by atomic mass is 9.96. The molecular formula is C19H35N3O2. The zero-order chi connectivity index (χ0) is 17.4. The topological polar surface area (TPSA) is 52.7 Å². The Morgan fingerprint density at radius 3 is 2.46 bits per heavy atom. The van der Waals surface area contributed by atoms with E-state index in [2.05, 4.69) is 12.2 Å². The van der Waals surface area contributed by atoms with E-state index in [1.54, 1.807) is 0 Å². The molecule has 2 rings (SSSR count). The molecule has 2 aliphatic rings. The molecule has 0 aromatic heterocycles. The molecule has 1 aliphatic carbocycles. The molecule has 0 spiro atoms. The van der Waals surface area contributed by atoms with Gasteiger partial charge in [-0.2, -0.15) is 0 Å². The lowest BCUT2D eigenvalue weighted by Gasteiger charge is -2.34. The molecule has 1 N–H and O–H groups in total. The zero-order valence-electron chi connectivity index (χ0n) is 15.6. The molecule has 1 heterocycles. The second-order valence-corrected chi connectivity index (χ2v) is 7.61. The zero-order valence-corrected chi connectivity index (χ0v) is 15.6. The summed E-state index contributed by atoms with van der Waals surface area (Å²) < 4.78 is 0. The van der Waals surface area contributed by atoms with Gasteiger partial charge in [0.05, 0.1) is 6.54 Å². The van der Waals surface area contributed by atoms with Crippen molar-refractivity contribution in [2.45, 2.75) is 58.3 Å². The van der Waals surface area contributed by atoms with Gasteiger partial charge in [-0.15, -0.1) is 0 Å². The van der Waals surface area contributed by atoms with Crippen molar-refractivity contribution in [3.8, 4) is 0 Å². The lowest BCUT2D eigenvalue weighted by molar-refractivity contribution is -0.133. The molecule has 0 bridgehead atoms. The minimum atomic E-state index is 0.215. The Bertz CT molecular complexity index is 405. The number of nitrogens with zero attached hydrogens (tertiary/aromatic N) is 2. The first kappa shape index (κ1) is 19.2. The van der Waals surface area contributed by atoms with Crippen LogP contribution in [0.3, 0.4) is 0 Å². The van der Waals surface area contributed by atoms with E-state index in [0.717, 1.165) is 51.9 Å². The maximum Gasteiger partial charge on any atom is 0.236 e. The van der Waals surface area contributed by atoms with Gasteiger partial charge in [-0.1, -0.05) is 32.6 Å². The van der Waals surface area contributed by atoms with Crippen molar-refractivity contribution in [1.29, 1.82) is 0 Å². The third kappa shape index (κ3) is 6.08. The third-order valence-corrected chi connectivity index (χ3v) is 5.61. The van der Waals surface area contributed by atoms with Crippen LogP contribution in [0.4, 0.5) is 0 Å². The molecule has 5 nitrogen and oxygen atoms in total. The fourth-order valence-corrected chi connectivity index (χ4v) is 3.83. The summed E-state index contributed by atoms with van der Waals surface area (Å²) in [7, 11) is 1.98. The Balaban J connectivity index is 1.74. The SMILES string of the molecule is CCN(C)CC(=O)N1CCCC(CNC(=O)C2CCCCCC2)C1. The molecule has 2 fully saturated rings. The molecule has 1 atom stereocenters. The minimum absolute atomic E-state index is 0.215. The van der Waals surface area contributed by atoms with Crippen LogP contribution in [0.1, 0.15) is 58.3 Å². The van der Waals surface area contributed by atoms with Crippen molar-refractivity contribution >= 4 is 11.8 Å². The first-order valence-corrected chi connectivity index (χ1v) is 9.84. The van der Waals surface area contributed by atoms with Gasteiger partial charge in [0.25, 0.3) is 0 Å². The van der Waals surface area contributed by atoms with Crippen LogP contribution in [-0.2, 0) is 9.59 Å². The van der Waals surface area contributed by atoms with Gasteiger partial charge >= 0.3 is 0 Å². The summed E-state index contributed by atoms with van der Waals surface area (Å²) >= 11 is 0. The van der Waals surface area contributed by atoms with Crippen LogP contribution in [-0.4, -0.2) is 61.4 Å². The van der Waals surface area contributed by atoms with E-state index in [1.165, 1.54) is 25.7 Å². The lowest BCUT2D eigenvalue weighted by Crippen LogP contribution is -2.47. The predicted octanol–water partition coefficient (Wildman–Crippen LogP) is 2.26. The molecule has 0 radical (unpaired) electrons.